The number of aryl methyl sites for hydroxylation is 1. The molecule has 168 valence electrons. The molecule has 0 fully saturated rings. The van der Waals surface area contributed by atoms with Crippen LogP contribution in [-0.4, -0.2) is 28.4 Å². The predicted molar refractivity (Wildman–Crippen MR) is 130 cm³/mol. The maximum absolute atomic E-state index is 12.8. The molecular formula is C26H25ClN4O2. The maximum Gasteiger partial charge on any atom is 0.270 e. The fourth-order valence-corrected chi connectivity index (χ4v) is 4.40. The molecule has 0 atom stereocenters. The summed E-state index contributed by atoms with van der Waals surface area (Å²) in [6.07, 6.45) is 2.38. The molecule has 5 rings (SSSR count). The molecule has 1 N–H and O–H groups in total. The number of ether oxygens (including phenoxy) is 1. The van der Waals surface area contributed by atoms with Crippen molar-refractivity contribution in [1.82, 2.24) is 14.7 Å². The van der Waals surface area contributed by atoms with Gasteiger partial charge in [-0.1, -0.05) is 42.8 Å². The van der Waals surface area contributed by atoms with Crippen molar-refractivity contribution < 1.29 is 9.53 Å². The Bertz CT molecular complexity index is 1270. The monoisotopic (exact) mass is 460 g/mol. The summed E-state index contributed by atoms with van der Waals surface area (Å²) in [5.74, 6) is 0.592. The van der Waals surface area contributed by atoms with Gasteiger partial charge in [0, 0.05) is 25.0 Å². The van der Waals surface area contributed by atoms with E-state index >= 15 is 0 Å². The smallest absolute Gasteiger partial charge is 0.270 e. The van der Waals surface area contributed by atoms with Gasteiger partial charge in [0.2, 0.25) is 0 Å². The van der Waals surface area contributed by atoms with E-state index in [9.17, 15) is 4.79 Å². The Balaban J connectivity index is 1.16. The predicted octanol–water partition coefficient (Wildman–Crippen LogP) is 4.88. The average Bonchev–Trinajstić information content (AvgIpc) is 3.43. The Kier molecular flexibility index (Phi) is 5.92. The molecule has 7 heteroatoms. The Morgan fingerprint density at radius 1 is 1.06 bits per heavy atom. The van der Waals surface area contributed by atoms with Gasteiger partial charge in [-0.15, -0.1) is 0 Å². The standard InChI is InChI=1S/C26H25ClN4O2/c1-2-23-25(31-17-20(27)7-12-24(31)29-23)26(32)28-13-14-33-22-10-8-21(9-11-22)30-15-18-5-3-4-6-19(18)16-30/h3-12,17H,2,13-16H2,1H3,(H,28,32). The first kappa shape index (κ1) is 21.3. The van der Waals surface area contributed by atoms with Crippen molar-refractivity contribution in [2.45, 2.75) is 26.4 Å². The maximum atomic E-state index is 12.8. The lowest BCUT2D eigenvalue weighted by molar-refractivity contribution is 0.0940. The highest BCUT2D eigenvalue weighted by molar-refractivity contribution is 6.30. The SMILES string of the molecule is CCc1nc2ccc(Cl)cn2c1C(=O)NCCOc1ccc(N2Cc3ccccc3C2)cc1. The van der Waals surface area contributed by atoms with Crippen molar-refractivity contribution in [3.05, 3.63) is 94.4 Å². The third kappa shape index (κ3) is 4.39. The number of aromatic nitrogens is 2. The summed E-state index contributed by atoms with van der Waals surface area (Å²) in [6, 6.07) is 20.2. The zero-order valence-corrected chi connectivity index (χ0v) is 19.2. The molecule has 0 spiro atoms. The summed E-state index contributed by atoms with van der Waals surface area (Å²) >= 11 is 6.12. The normalized spacial score (nSPS) is 12.7. The Hall–Kier alpha value is -3.51. The average molecular weight is 461 g/mol. The summed E-state index contributed by atoms with van der Waals surface area (Å²) in [5.41, 5.74) is 5.91. The topological polar surface area (TPSA) is 58.9 Å². The van der Waals surface area contributed by atoms with E-state index in [4.69, 9.17) is 16.3 Å². The second-order valence-electron chi connectivity index (χ2n) is 8.06. The van der Waals surface area contributed by atoms with Crippen LogP contribution in [-0.2, 0) is 19.5 Å². The molecule has 1 amide bonds. The Morgan fingerprint density at radius 3 is 2.48 bits per heavy atom. The number of halogens is 1. The lowest BCUT2D eigenvalue weighted by Gasteiger charge is -2.18. The molecule has 0 unspecified atom stereocenters. The van der Waals surface area contributed by atoms with Gasteiger partial charge < -0.3 is 15.0 Å². The van der Waals surface area contributed by atoms with E-state index in [1.165, 1.54) is 16.8 Å². The van der Waals surface area contributed by atoms with Gasteiger partial charge >= 0.3 is 0 Å². The highest BCUT2D eigenvalue weighted by Crippen LogP contribution is 2.29. The van der Waals surface area contributed by atoms with Crippen LogP contribution in [0.15, 0.2) is 66.9 Å². The summed E-state index contributed by atoms with van der Waals surface area (Å²) in [6.45, 7) is 4.60. The number of carbonyl (C=O) groups excluding carboxylic acids is 1. The number of amides is 1. The van der Waals surface area contributed by atoms with Crippen LogP contribution in [0.1, 0.15) is 34.2 Å². The number of nitrogens with zero attached hydrogens (tertiary/aromatic N) is 3. The second kappa shape index (κ2) is 9.16. The first-order chi connectivity index (χ1) is 16.1. The molecule has 0 saturated carbocycles. The van der Waals surface area contributed by atoms with Gasteiger partial charge in [0.15, 0.2) is 0 Å². The largest absolute Gasteiger partial charge is 0.492 e. The summed E-state index contributed by atoms with van der Waals surface area (Å²) < 4.78 is 7.58. The minimum absolute atomic E-state index is 0.186. The fourth-order valence-electron chi connectivity index (χ4n) is 4.24. The van der Waals surface area contributed by atoms with Gasteiger partial charge in [0.05, 0.1) is 17.3 Å². The molecule has 0 radical (unpaired) electrons. The molecule has 1 aliphatic rings. The second-order valence-corrected chi connectivity index (χ2v) is 8.50. The van der Waals surface area contributed by atoms with E-state index in [2.05, 4.69) is 51.6 Å². The minimum Gasteiger partial charge on any atom is -0.492 e. The van der Waals surface area contributed by atoms with E-state index in [-0.39, 0.29) is 5.91 Å². The lowest BCUT2D eigenvalue weighted by Crippen LogP contribution is -2.29. The van der Waals surface area contributed by atoms with E-state index < -0.39 is 0 Å². The van der Waals surface area contributed by atoms with Gasteiger partial charge in [-0.3, -0.25) is 9.20 Å². The summed E-state index contributed by atoms with van der Waals surface area (Å²) in [4.78, 5) is 19.7. The molecule has 6 nitrogen and oxygen atoms in total. The molecule has 0 aliphatic carbocycles. The van der Waals surface area contributed by atoms with Gasteiger partial charge in [-0.05, 0) is 53.9 Å². The van der Waals surface area contributed by atoms with E-state index in [1.807, 2.05) is 25.1 Å². The van der Waals surface area contributed by atoms with Gasteiger partial charge in [-0.2, -0.15) is 0 Å². The van der Waals surface area contributed by atoms with Crippen molar-refractivity contribution in [2.24, 2.45) is 0 Å². The molecule has 2 aromatic heterocycles. The van der Waals surface area contributed by atoms with Crippen molar-refractivity contribution in [1.29, 1.82) is 0 Å². The van der Waals surface area contributed by atoms with Crippen molar-refractivity contribution in [3.63, 3.8) is 0 Å². The van der Waals surface area contributed by atoms with Crippen LogP contribution in [0.2, 0.25) is 5.02 Å². The highest BCUT2D eigenvalue weighted by atomic mass is 35.5. The molecule has 2 aromatic carbocycles. The van der Waals surface area contributed by atoms with Crippen LogP contribution in [0.5, 0.6) is 5.75 Å². The fraction of sp³-hybridized carbons (Fsp3) is 0.231. The molecule has 1 aliphatic heterocycles. The van der Waals surface area contributed by atoms with E-state index in [1.54, 1.807) is 16.7 Å². The number of hydrogen-bond acceptors (Lipinski definition) is 4. The molecule has 0 saturated heterocycles. The molecule has 33 heavy (non-hydrogen) atoms. The third-order valence-corrected chi connectivity index (χ3v) is 6.13. The number of imidazole rings is 1. The quantitative estimate of drug-likeness (QED) is 0.399. The number of hydrogen-bond donors (Lipinski definition) is 1. The number of carbonyl (C=O) groups is 1. The third-order valence-electron chi connectivity index (χ3n) is 5.90. The van der Waals surface area contributed by atoms with E-state index in [0.29, 0.717) is 35.9 Å². The summed E-state index contributed by atoms with van der Waals surface area (Å²) in [5, 5.41) is 3.49. The van der Waals surface area contributed by atoms with Crippen LogP contribution < -0.4 is 15.0 Å². The van der Waals surface area contributed by atoms with Crippen molar-refractivity contribution in [2.75, 3.05) is 18.1 Å². The van der Waals surface area contributed by atoms with Crippen LogP contribution in [0.4, 0.5) is 5.69 Å². The molecule has 0 bridgehead atoms. The lowest BCUT2D eigenvalue weighted by atomic mass is 10.1. The number of pyridine rings is 1. The van der Waals surface area contributed by atoms with Crippen LogP contribution in [0, 0.1) is 0 Å². The Labute approximate surface area is 197 Å². The Morgan fingerprint density at radius 2 is 1.79 bits per heavy atom. The number of nitrogens with one attached hydrogen (secondary N) is 1. The highest BCUT2D eigenvalue weighted by Gasteiger charge is 2.19. The van der Waals surface area contributed by atoms with Gasteiger partial charge in [0.25, 0.3) is 5.91 Å². The van der Waals surface area contributed by atoms with Gasteiger partial charge in [-0.25, -0.2) is 4.98 Å². The first-order valence-corrected chi connectivity index (χ1v) is 11.5. The molecule has 4 aromatic rings. The van der Waals surface area contributed by atoms with Crippen molar-refractivity contribution >= 4 is 28.8 Å². The number of benzene rings is 2. The minimum atomic E-state index is -0.186. The number of rotatable bonds is 7. The number of fused-ring (bicyclic) bond motifs is 2. The molecule has 3 heterocycles. The van der Waals surface area contributed by atoms with Gasteiger partial charge in [0.1, 0.15) is 23.7 Å². The number of anilines is 1. The zero-order chi connectivity index (χ0) is 22.8. The van der Waals surface area contributed by atoms with E-state index in [0.717, 1.165) is 24.5 Å². The van der Waals surface area contributed by atoms with Crippen LogP contribution in [0.25, 0.3) is 5.65 Å². The molecular weight excluding hydrogens is 436 g/mol. The van der Waals surface area contributed by atoms with Crippen LogP contribution >= 0.6 is 11.6 Å². The zero-order valence-electron chi connectivity index (χ0n) is 18.4. The first-order valence-electron chi connectivity index (χ1n) is 11.1. The van der Waals surface area contributed by atoms with Crippen molar-refractivity contribution in [3.8, 4) is 5.75 Å². The summed E-state index contributed by atoms with van der Waals surface area (Å²) in [7, 11) is 0. The van der Waals surface area contributed by atoms with Crippen LogP contribution in [0.3, 0.4) is 0 Å².